The molecule has 0 aliphatic carbocycles. The Kier molecular flexibility index (Phi) is 8.54. The highest BCUT2D eigenvalue weighted by Crippen LogP contribution is 2.36. The fourth-order valence-corrected chi connectivity index (χ4v) is 4.31. The maximum absolute atomic E-state index is 13.8. The van der Waals surface area contributed by atoms with E-state index in [4.69, 9.17) is 26.1 Å². The number of rotatable bonds is 8. The molecule has 0 atom stereocenters. The Labute approximate surface area is 222 Å². The number of alkyl halides is 3. The second-order valence-corrected chi connectivity index (χ2v) is 9.08. The van der Waals surface area contributed by atoms with Gasteiger partial charge < -0.3 is 24.2 Å². The summed E-state index contributed by atoms with van der Waals surface area (Å²) >= 11 is 6.02. The van der Waals surface area contributed by atoms with Gasteiger partial charge in [0.15, 0.2) is 6.29 Å². The SMILES string of the molecule is COC(CN(C)c1nc(-c2ccc(F)c(Cl)c2)cc(N2CCN(c3ncccc3C(F)(F)F)CC2)n1)OC. The number of methoxy groups -OCH3 is 2. The van der Waals surface area contributed by atoms with Gasteiger partial charge in [0, 0.05) is 65.3 Å². The van der Waals surface area contributed by atoms with E-state index in [1.807, 2.05) is 4.90 Å². The van der Waals surface area contributed by atoms with Crippen molar-refractivity contribution in [3.63, 3.8) is 0 Å². The van der Waals surface area contributed by atoms with E-state index in [1.54, 1.807) is 29.0 Å². The lowest BCUT2D eigenvalue weighted by Crippen LogP contribution is -2.47. The van der Waals surface area contributed by atoms with E-state index >= 15 is 0 Å². The molecule has 0 unspecified atom stereocenters. The molecule has 1 aromatic carbocycles. The lowest BCUT2D eigenvalue weighted by atomic mass is 10.1. The number of hydrogen-bond acceptors (Lipinski definition) is 8. The molecular formula is C25H27ClF4N6O2. The third-order valence-electron chi connectivity index (χ3n) is 6.20. The number of piperazine rings is 1. The number of halogens is 5. The predicted molar refractivity (Wildman–Crippen MR) is 137 cm³/mol. The van der Waals surface area contributed by atoms with Crippen LogP contribution in [0.25, 0.3) is 11.3 Å². The van der Waals surface area contributed by atoms with E-state index in [1.165, 1.54) is 38.6 Å². The van der Waals surface area contributed by atoms with Gasteiger partial charge in [-0.3, -0.25) is 0 Å². The van der Waals surface area contributed by atoms with Crippen molar-refractivity contribution in [3.05, 3.63) is 59.0 Å². The van der Waals surface area contributed by atoms with Crippen molar-refractivity contribution in [2.75, 3.05) is 68.7 Å². The van der Waals surface area contributed by atoms with Crippen LogP contribution in [0.5, 0.6) is 0 Å². The number of ether oxygens (including phenoxy) is 2. The molecule has 0 radical (unpaired) electrons. The lowest BCUT2D eigenvalue weighted by Gasteiger charge is -2.37. The van der Waals surface area contributed by atoms with E-state index in [0.717, 1.165) is 6.07 Å². The zero-order chi connectivity index (χ0) is 27.4. The second-order valence-electron chi connectivity index (χ2n) is 8.67. The molecular weight excluding hydrogens is 528 g/mol. The quantitative estimate of drug-likeness (QED) is 0.292. The van der Waals surface area contributed by atoms with Crippen LogP contribution in [-0.2, 0) is 15.7 Å². The summed E-state index contributed by atoms with van der Waals surface area (Å²) in [4.78, 5) is 18.7. The number of aromatic nitrogens is 3. The zero-order valence-corrected chi connectivity index (χ0v) is 21.8. The molecule has 2 aromatic heterocycles. The van der Waals surface area contributed by atoms with Crippen molar-refractivity contribution < 1.29 is 27.0 Å². The minimum Gasteiger partial charge on any atom is -0.354 e. The molecule has 4 rings (SSSR count). The Morgan fingerprint density at radius 2 is 1.71 bits per heavy atom. The maximum Gasteiger partial charge on any atom is 0.419 e. The molecule has 0 N–H and O–H groups in total. The fraction of sp³-hybridized carbons (Fsp3) is 0.400. The number of hydrogen-bond donors (Lipinski definition) is 0. The molecule has 3 heterocycles. The highest BCUT2D eigenvalue weighted by Gasteiger charge is 2.36. The lowest BCUT2D eigenvalue weighted by molar-refractivity contribution is -0.137. The van der Waals surface area contributed by atoms with Crippen LogP contribution in [0, 0.1) is 5.82 Å². The Morgan fingerprint density at radius 3 is 2.34 bits per heavy atom. The number of benzene rings is 1. The van der Waals surface area contributed by atoms with Crippen molar-refractivity contribution in [3.8, 4) is 11.3 Å². The molecule has 38 heavy (non-hydrogen) atoms. The van der Waals surface area contributed by atoms with Gasteiger partial charge in [-0.25, -0.2) is 14.4 Å². The minimum absolute atomic E-state index is 0.0409. The summed E-state index contributed by atoms with van der Waals surface area (Å²) in [6.07, 6.45) is -3.67. The van der Waals surface area contributed by atoms with Crippen LogP contribution in [0.2, 0.25) is 5.02 Å². The van der Waals surface area contributed by atoms with Crippen LogP contribution in [0.1, 0.15) is 5.56 Å². The van der Waals surface area contributed by atoms with Gasteiger partial charge in [0.25, 0.3) is 0 Å². The Morgan fingerprint density at radius 1 is 1.03 bits per heavy atom. The minimum atomic E-state index is -4.50. The van der Waals surface area contributed by atoms with Gasteiger partial charge in [0.05, 0.1) is 22.8 Å². The molecule has 0 spiro atoms. The standard InChI is InChI=1S/C25H27ClF4N6O2/c1-34(15-22(37-2)38-3)24-32-20(16-6-7-19(27)18(26)13-16)14-21(33-24)35-9-11-36(12-10-35)23-17(25(28,29)30)5-4-8-31-23/h4-8,13-14,22H,9-12,15H2,1-3H3. The van der Waals surface area contributed by atoms with Gasteiger partial charge >= 0.3 is 6.18 Å². The molecule has 8 nitrogen and oxygen atoms in total. The first-order valence-electron chi connectivity index (χ1n) is 11.7. The normalized spacial score (nSPS) is 14.3. The van der Waals surface area contributed by atoms with E-state index in [-0.39, 0.29) is 10.8 Å². The largest absolute Gasteiger partial charge is 0.419 e. The van der Waals surface area contributed by atoms with Crippen molar-refractivity contribution >= 4 is 29.2 Å². The van der Waals surface area contributed by atoms with Crippen molar-refractivity contribution in [2.24, 2.45) is 0 Å². The predicted octanol–water partition coefficient (Wildman–Crippen LogP) is 4.73. The molecule has 0 amide bonds. The summed E-state index contributed by atoms with van der Waals surface area (Å²) in [5, 5.41) is -0.0409. The summed E-state index contributed by atoms with van der Waals surface area (Å²) in [5.41, 5.74) is 0.337. The van der Waals surface area contributed by atoms with Crippen molar-refractivity contribution in [1.82, 2.24) is 15.0 Å². The number of likely N-dealkylation sites (N-methyl/N-ethyl adjacent to an activating group) is 1. The molecule has 1 aliphatic heterocycles. The van der Waals surface area contributed by atoms with Crippen LogP contribution >= 0.6 is 11.6 Å². The fourth-order valence-electron chi connectivity index (χ4n) is 4.13. The Bertz CT molecular complexity index is 1250. The first-order valence-corrected chi connectivity index (χ1v) is 12.1. The molecule has 1 aliphatic rings. The highest BCUT2D eigenvalue weighted by atomic mass is 35.5. The van der Waals surface area contributed by atoms with Crippen LogP contribution in [0.15, 0.2) is 42.6 Å². The van der Waals surface area contributed by atoms with E-state index < -0.39 is 23.8 Å². The summed E-state index contributed by atoms with van der Waals surface area (Å²) < 4.78 is 64.9. The van der Waals surface area contributed by atoms with Crippen LogP contribution in [0.3, 0.4) is 0 Å². The van der Waals surface area contributed by atoms with Gasteiger partial charge in [0.2, 0.25) is 5.95 Å². The van der Waals surface area contributed by atoms with Gasteiger partial charge in [-0.05, 0) is 30.3 Å². The van der Waals surface area contributed by atoms with Gasteiger partial charge in [-0.15, -0.1) is 0 Å². The Hall–Kier alpha value is -3.22. The van der Waals surface area contributed by atoms with E-state index in [9.17, 15) is 17.6 Å². The van der Waals surface area contributed by atoms with E-state index in [2.05, 4.69) is 9.97 Å². The topological polar surface area (TPSA) is 66.9 Å². The monoisotopic (exact) mass is 554 g/mol. The molecule has 0 bridgehead atoms. The van der Waals surface area contributed by atoms with Crippen LogP contribution < -0.4 is 14.7 Å². The zero-order valence-electron chi connectivity index (χ0n) is 21.0. The Balaban J connectivity index is 1.63. The van der Waals surface area contributed by atoms with Crippen LogP contribution in [0.4, 0.5) is 35.1 Å². The molecule has 3 aromatic rings. The van der Waals surface area contributed by atoms with Gasteiger partial charge in [-0.1, -0.05) is 11.6 Å². The molecule has 1 fully saturated rings. The van der Waals surface area contributed by atoms with Gasteiger partial charge in [0.1, 0.15) is 17.5 Å². The maximum atomic E-state index is 13.8. The summed E-state index contributed by atoms with van der Waals surface area (Å²) in [6, 6.07) is 8.39. The summed E-state index contributed by atoms with van der Waals surface area (Å²) in [5.74, 6) is 0.299. The first kappa shape index (κ1) is 27.8. The third-order valence-corrected chi connectivity index (χ3v) is 6.49. The third kappa shape index (κ3) is 6.25. The smallest absolute Gasteiger partial charge is 0.354 e. The van der Waals surface area contributed by atoms with Gasteiger partial charge in [-0.2, -0.15) is 18.2 Å². The number of pyridine rings is 1. The second kappa shape index (κ2) is 11.7. The van der Waals surface area contributed by atoms with Crippen molar-refractivity contribution in [2.45, 2.75) is 12.5 Å². The first-order chi connectivity index (χ1) is 18.1. The highest BCUT2D eigenvalue weighted by molar-refractivity contribution is 6.31. The summed E-state index contributed by atoms with van der Waals surface area (Å²) in [7, 11) is 4.83. The number of anilines is 3. The molecule has 13 heteroatoms. The van der Waals surface area contributed by atoms with E-state index in [0.29, 0.717) is 55.7 Å². The molecule has 0 saturated carbocycles. The average Bonchev–Trinajstić information content (AvgIpc) is 2.92. The molecule has 204 valence electrons. The van der Waals surface area contributed by atoms with Crippen molar-refractivity contribution in [1.29, 1.82) is 0 Å². The molecule has 1 saturated heterocycles. The number of nitrogens with zero attached hydrogens (tertiary/aromatic N) is 6. The van der Waals surface area contributed by atoms with Crippen LogP contribution in [-0.4, -0.2) is 75.2 Å². The summed E-state index contributed by atoms with van der Waals surface area (Å²) in [6.45, 7) is 1.74. The average molecular weight is 555 g/mol.